The average molecular weight is 337 g/mol. The first kappa shape index (κ1) is 17.3. The SMILES string of the molecule is COc1ccc2c(n1)n1cccc1c(=O)n2CCC[NH+](C)C.[Cl-]. The van der Waals surface area contributed by atoms with E-state index in [1.807, 2.05) is 33.4 Å². The van der Waals surface area contributed by atoms with E-state index in [0.29, 0.717) is 17.9 Å². The van der Waals surface area contributed by atoms with Crippen LogP contribution in [0.5, 0.6) is 5.88 Å². The molecule has 0 radical (unpaired) electrons. The molecule has 1 N–H and O–H groups in total. The highest BCUT2D eigenvalue weighted by Crippen LogP contribution is 2.17. The lowest BCUT2D eigenvalue weighted by atomic mass is 10.3. The topological polar surface area (TPSA) is 53.0 Å². The van der Waals surface area contributed by atoms with Crippen LogP contribution < -0.4 is 27.6 Å². The number of halogens is 1. The minimum atomic E-state index is 0. The maximum atomic E-state index is 12.7. The first-order valence-electron chi connectivity index (χ1n) is 7.45. The van der Waals surface area contributed by atoms with Gasteiger partial charge in [-0.1, -0.05) is 0 Å². The summed E-state index contributed by atoms with van der Waals surface area (Å²) in [6.45, 7) is 1.71. The number of quaternary nitrogens is 1. The lowest BCUT2D eigenvalue weighted by molar-refractivity contribution is -0.858. The summed E-state index contributed by atoms with van der Waals surface area (Å²) in [5, 5.41) is 0. The number of hydrogen-bond donors (Lipinski definition) is 1. The fourth-order valence-corrected chi connectivity index (χ4v) is 2.73. The number of methoxy groups -OCH3 is 1. The molecule has 3 aromatic heterocycles. The van der Waals surface area contributed by atoms with Crippen molar-refractivity contribution in [2.24, 2.45) is 0 Å². The van der Waals surface area contributed by atoms with E-state index in [1.165, 1.54) is 4.90 Å². The molecule has 124 valence electrons. The zero-order valence-corrected chi connectivity index (χ0v) is 14.3. The number of pyridine rings is 1. The van der Waals surface area contributed by atoms with Gasteiger partial charge in [-0.25, -0.2) is 0 Å². The van der Waals surface area contributed by atoms with Crippen LogP contribution >= 0.6 is 0 Å². The summed E-state index contributed by atoms with van der Waals surface area (Å²) in [6, 6.07) is 7.40. The smallest absolute Gasteiger partial charge is 0.275 e. The number of rotatable bonds is 5. The third kappa shape index (κ3) is 3.18. The second-order valence-corrected chi connectivity index (χ2v) is 5.73. The predicted octanol–water partition coefficient (Wildman–Crippen LogP) is -2.80. The van der Waals surface area contributed by atoms with Gasteiger partial charge in [0.1, 0.15) is 5.52 Å². The number of aromatic nitrogens is 3. The van der Waals surface area contributed by atoms with Gasteiger partial charge >= 0.3 is 0 Å². The van der Waals surface area contributed by atoms with Crippen molar-refractivity contribution in [1.82, 2.24) is 14.0 Å². The van der Waals surface area contributed by atoms with Gasteiger partial charge in [-0.15, -0.1) is 0 Å². The molecular weight excluding hydrogens is 316 g/mol. The van der Waals surface area contributed by atoms with E-state index in [1.54, 1.807) is 13.2 Å². The Morgan fingerprint density at radius 3 is 2.70 bits per heavy atom. The van der Waals surface area contributed by atoms with Crippen molar-refractivity contribution in [3.05, 3.63) is 40.8 Å². The van der Waals surface area contributed by atoms with Crippen molar-refractivity contribution < 1.29 is 22.0 Å². The number of ether oxygens (including phenoxy) is 1. The molecule has 3 rings (SSSR count). The van der Waals surface area contributed by atoms with Crippen LogP contribution in [-0.2, 0) is 6.54 Å². The molecule has 0 saturated heterocycles. The lowest BCUT2D eigenvalue weighted by Crippen LogP contribution is -3.05. The predicted molar refractivity (Wildman–Crippen MR) is 85.8 cm³/mol. The molecule has 0 bridgehead atoms. The molecular formula is C16H21ClN4O2. The monoisotopic (exact) mass is 336 g/mol. The van der Waals surface area contributed by atoms with Gasteiger partial charge in [0, 0.05) is 25.2 Å². The number of nitrogens with zero attached hydrogens (tertiary/aromatic N) is 3. The summed E-state index contributed by atoms with van der Waals surface area (Å²) in [6.07, 6.45) is 2.81. The Morgan fingerprint density at radius 2 is 2.00 bits per heavy atom. The Morgan fingerprint density at radius 1 is 1.22 bits per heavy atom. The van der Waals surface area contributed by atoms with Gasteiger partial charge < -0.3 is 26.6 Å². The van der Waals surface area contributed by atoms with E-state index in [-0.39, 0.29) is 18.0 Å². The van der Waals surface area contributed by atoms with E-state index < -0.39 is 0 Å². The van der Waals surface area contributed by atoms with E-state index in [0.717, 1.165) is 24.1 Å². The molecule has 0 aliphatic rings. The van der Waals surface area contributed by atoms with E-state index in [2.05, 4.69) is 19.1 Å². The Hall–Kier alpha value is -2.05. The first-order chi connectivity index (χ1) is 10.6. The van der Waals surface area contributed by atoms with Gasteiger partial charge in [0.05, 0.1) is 33.3 Å². The Labute approximate surface area is 140 Å². The number of nitrogens with one attached hydrogen (secondary N) is 1. The van der Waals surface area contributed by atoms with Crippen LogP contribution in [0.15, 0.2) is 35.3 Å². The number of aryl methyl sites for hydroxylation is 1. The van der Waals surface area contributed by atoms with Crippen LogP contribution in [0, 0.1) is 0 Å². The summed E-state index contributed by atoms with van der Waals surface area (Å²) in [5.74, 6) is 0.547. The van der Waals surface area contributed by atoms with Crippen molar-refractivity contribution in [2.45, 2.75) is 13.0 Å². The van der Waals surface area contributed by atoms with Gasteiger partial charge in [-0.3, -0.25) is 9.20 Å². The molecule has 0 aromatic carbocycles. The second-order valence-electron chi connectivity index (χ2n) is 5.73. The number of hydrogen-bond acceptors (Lipinski definition) is 3. The van der Waals surface area contributed by atoms with Crippen LogP contribution in [0.1, 0.15) is 6.42 Å². The Balaban J connectivity index is 0.00000192. The molecule has 6 nitrogen and oxygen atoms in total. The van der Waals surface area contributed by atoms with Crippen molar-refractivity contribution in [3.8, 4) is 5.88 Å². The van der Waals surface area contributed by atoms with Crippen molar-refractivity contribution in [1.29, 1.82) is 0 Å². The molecule has 0 amide bonds. The molecule has 3 heterocycles. The van der Waals surface area contributed by atoms with Crippen molar-refractivity contribution >= 4 is 16.7 Å². The van der Waals surface area contributed by atoms with E-state index >= 15 is 0 Å². The van der Waals surface area contributed by atoms with Gasteiger partial charge in [-0.2, -0.15) is 4.98 Å². The van der Waals surface area contributed by atoms with E-state index in [9.17, 15) is 4.79 Å². The van der Waals surface area contributed by atoms with Crippen LogP contribution in [0.2, 0.25) is 0 Å². The molecule has 0 unspecified atom stereocenters. The minimum Gasteiger partial charge on any atom is -1.00 e. The maximum Gasteiger partial charge on any atom is 0.275 e. The fraction of sp³-hybridized carbons (Fsp3) is 0.375. The normalized spacial score (nSPS) is 11.1. The molecule has 0 fully saturated rings. The van der Waals surface area contributed by atoms with Crippen LogP contribution in [0.3, 0.4) is 0 Å². The fourth-order valence-electron chi connectivity index (χ4n) is 2.73. The van der Waals surface area contributed by atoms with Crippen molar-refractivity contribution in [3.63, 3.8) is 0 Å². The van der Waals surface area contributed by atoms with E-state index in [4.69, 9.17) is 4.74 Å². The molecule has 3 aromatic rings. The average Bonchev–Trinajstić information content (AvgIpc) is 3.00. The highest BCUT2D eigenvalue weighted by molar-refractivity contribution is 5.75. The quantitative estimate of drug-likeness (QED) is 0.547. The molecule has 0 aliphatic carbocycles. The maximum absolute atomic E-state index is 12.7. The summed E-state index contributed by atoms with van der Waals surface area (Å²) >= 11 is 0. The third-order valence-corrected chi connectivity index (χ3v) is 3.83. The minimum absolute atomic E-state index is 0. The molecule has 23 heavy (non-hydrogen) atoms. The first-order valence-corrected chi connectivity index (χ1v) is 7.45. The molecule has 7 heteroatoms. The number of fused-ring (bicyclic) bond motifs is 3. The van der Waals surface area contributed by atoms with Crippen LogP contribution in [0.4, 0.5) is 0 Å². The summed E-state index contributed by atoms with van der Waals surface area (Å²) < 4.78 is 8.86. The van der Waals surface area contributed by atoms with Gasteiger partial charge in [0.2, 0.25) is 5.88 Å². The molecule has 0 spiro atoms. The van der Waals surface area contributed by atoms with Crippen molar-refractivity contribution in [2.75, 3.05) is 27.7 Å². The van der Waals surface area contributed by atoms with Crippen LogP contribution in [-0.4, -0.2) is 41.7 Å². The zero-order chi connectivity index (χ0) is 15.7. The second kappa shape index (κ2) is 7.02. The Kier molecular flexibility index (Phi) is 5.28. The van der Waals surface area contributed by atoms with Gasteiger partial charge in [0.25, 0.3) is 5.56 Å². The third-order valence-electron chi connectivity index (χ3n) is 3.83. The standard InChI is InChI=1S/C16H20N4O2.ClH/c1-18(2)9-5-11-20-12-7-8-14(22-3)17-15(12)19-10-4-6-13(19)16(20)21;/h4,6-8,10H,5,9,11H2,1-3H3;1H. The summed E-state index contributed by atoms with van der Waals surface area (Å²) in [5.41, 5.74) is 2.25. The highest BCUT2D eigenvalue weighted by Gasteiger charge is 2.12. The largest absolute Gasteiger partial charge is 1.00 e. The zero-order valence-electron chi connectivity index (χ0n) is 13.5. The molecule has 0 aliphatic heterocycles. The summed E-state index contributed by atoms with van der Waals surface area (Å²) in [4.78, 5) is 18.6. The Bertz CT molecular complexity index is 870. The molecule has 0 atom stereocenters. The van der Waals surface area contributed by atoms with Gasteiger partial charge in [0.15, 0.2) is 5.65 Å². The summed E-state index contributed by atoms with van der Waals surface area (Å²) in [7, 11) is 5.82. The molecule has 0 saturated carbocycles. The van der Waals surface area contributed by atoms with Gasteiger partial charge in [-0.05, 0) is 18.2 Å². The van der Waals surface area contributed by atoms with Crippen LogP contribution in [0.25, 0.3) is 16.7 Å². The highest BCUT2D eigenvalue weighted by atomic mass is 35.5. The lowest BCUT2D eigenvalue weighted by Gasteiger charge is -2.13.